The van der Waals surface area contributed by atoms with Crippen molar-refractivity contribution in [1.82, 2.24) is 4.90 Å². The minimum absolute atomic E-state index is 0.0512. The van der Waals surface area contributed by atoms with Crippen LogP contribution in [-0.2, 0) is 9.53 Å². The molecule has 0 aliphatic carbocycles. The second-order valence-corrected chi connectivity index (χ2v) is 4.76. The number of carbonyl (C=O) groups is 1. The molecule has 1 aliphatic rings. The van der Waals surface area contributed by atoms with Crippen molar-refractivity contribution in [2.75, 3.05) is 25.4 Å². The van der Waals surface area contributed by atoms with Crippen LogP contribution in [0.15, 0.2) is 0 Å². The van der Waals surface area contributed by atoms with E-state index in [1.54, 1.807) is 4.90 Å². The summed E-state index contributed by atoms with van der Waals surface area (Å²) in [4.78, 5) is 13.8. The van der Waals surface area contributed by atoms with Crippen LogP contribution >= 0.6 is 12.6 Å². The zero-order valence-corrected chi connectivity index (χ0v) is 11.2. The van der Waals surface area contributed by atoms with Crippen LogP contribution in [0.4, 0.5) is 0 Å². The normalized spacial score (nSPS) is 26.2. The molecule has 4 N–H and O–H groups in total. The Hall–Kier alpha value is -0.300. The third-order valence-corrected chi connectivity index (χ3v) is 3.40. The van der Waals surface area contributed by atoms with E-state index in [0.717, 1.165) is 19.4 Å². The summed E-state index contributed by atoms with van der Waals surface area (Å²) in [5.74, 6) is 0.283. The first kappa shape index (κ1) is 14.8. The van der Waals surface area contributed by atoms with E-state index in [1.165, 1.54) is 0 Å². The minimum Gasteiger partial charge on any atom is -0.376 e. The van der Waals surface area contributed by atoms with E-state index in [0.29, 0.717) is 18.8 Å². The average Bonchev–Trinajstić information content (AvgIpc) is 2.77. The molecule has 0 aromatic rings. The Morgan fingerprint density at radius 3 is 2.88 bits per heavy atom. The Morgan fingerprint density at radius 1 is 1.65 bits per heavy atom. The molecular weight excluding hydrogens is 238 g/mol. The van der Waals surface area contributed by atoms with Crippen LogP contribution in [-0.4, -0.2) is 54.4 Å². The van der Waals surface area contributed by atoms with Crippen LogP contribution < -0.4 is 11.5 Å². The van der Waals surface area contributed by atoms with Crippen molar-refractivity contribution in [3.05, 3.63) is 0 Å². The van der Waals surface area contributed by atoms with E-state index in [1.807, 2.05) is 0 Å². The highest BCUT2D eigenvalue weighted by atomic mass is 32.1. The number of likely N-dealkylation sites (tertiary alicyclic amines) is 1. The first-order valence-corrected chi connectivity index (χ1v) is 6.75. The summed E-state index contributed by atoms with van der Waals surface area (Å²) in [7, 11) is 0. The monoisotopic (exact) mass is 261 g/mol. The largest absolute Gasteiger partial charge is 0.376 e. The molecule has 3 atom stereocenters. The van der Waals surface area contributed by atoms with Gasteiger partial charge in [-0.25, -0.2) is 0 Å². The van der Waals surface area contributed by atoms with Gasteiger partial charge in [0.2, 0.25) is 5.91 Å². The van der Waals surface area contributed by atoms with Crippen molar-refractivity contribution in [3.8, 4) is 0 Å². The lowest BCUT2D eigenvalue weighted by Gasteiger charge is -2.25. The number of hydrogen-bond donors (Lipinski definition) is 3. The third-order valence-electron chi connectivity index (χ3n) is 3.00. The van der Waals surface area contributed by atoms with Crippen molar-refractivity contribution in [1.29, 1.82) is 0 Å². The summed E-state index contributed by atoms with van der Waals surface area (Å²) in [6.07, 6.45) is 1.88. The van der Waals surface area contributed by atoms with Gasteiger partial charge in [0.05, 0.1) is 12.1 Å². The molecule has 100 valence electrons. The first-order chi connectivity index (χ1) is 8.13. The zero-order valence-electron chi connectivity index (χ0n) is 10.3. The fourth-order valence-electron chi connectivity index (χ4n) is 2.06. The van der Waals surface area contributed by atoms with Crippen molar-refractivity contribution in [3.63, 3.8) is 0 Å². The second kappa shape index (κ2) is 7.20. The molecule has 1 heterocycles. The maximum Gasteiger partial charge on any atom is 0.240 e. The smallest absolute Gasteiger partial charge is 0.240 e. The number of carbonyl (C=O) groups excluding carboxylic acids is 1. The van der Waals surface area contributed by atoms with Gasteiger partial charge in [-0.05, 0) is 12.8 Å². The number of thiol groups is 1. The van der Waals surface area contributed by atoms with Gasteiger partial charge in [-0.2, -0.15) is 12.6 Å². The Kier molecular flexibility index (Phi) is 6.26. The molecule has 0 aromatic carbocycles. The van der Waals surface area contributed by atoms with Gasteiger partial charge < -0.3 is 21.1 Å². The maximum atomic E-state index is 12.0. The molecule has 1 saturated heterocycles. The predicted octanol–water partition coefficient (Wildman–Crippen LogP) is -0.402. The Bertz CT molecular complexity index is 253. The summed E-state index contributed by atoms with van der Waals surface area (Å²) in [5, 5.41) is 0. The number of amides is 1. The Labute approximate surface area is 108 Å². The highest BCUT2D eigenvalue weighted by molar-refractivity contribution is 7.80. The SMILES string of the molecule is CCCO[C@@H]1CC(CN)N(C(=O)[C@@H](N)CS)C1. The topological polar surface area (TPSA) is 81.6 Å². The molecule has 0 saturated carbocycles. The van der Waals surface area contributed by atoms with Crippen LogP contribution in [0.3, 0.4) is 0 Å². The summed E-state index contributed by atoms with van der Waals surface area (Å²) in [5.41, 5.74) is 11.4. The molecule has 0 bridgehead atoms. The van der Waals surface area contributed by atoms with Crippen molar-refractivity contribution >= 4 is 18.5 Å². The number of nitrogens with zero attached hydrogens (tertiary/aromatic N) is 1. The third kappa shape index (κ3) is 3.84. The van der Waals surface area contributed by atoms with Crippen LogP contribution in [0.5, 0.6) is 0 Å². The summed E-state index contributed by atoms with van der Waals surface area (Å²) >= 11 is 4.05. The molecule has 0 spiro atoms. The molecular formula is C11H23N3O2S. The molecule has 1 fully saturated rings. The van der Waals surface area contributed by atoms with E-state index < -0.39 is 6.04 Å². The fourth-order valence-corrected chi connectivity index (χ4v) is 2.22. The van der Waals surface area contributed by atoms with Gasteiger partial charge in [-0.15, -0.1) is 0 Å². The van der Waals surface area contributed by atoms with Crippen LogP contribution in [0.2, 0.25) is 0 Å². The summed E-state index contributed by atoms with van der Waals surface area (Å²) in [6.45, 7) is 3.84. The predicted molar refractivity (Wildman–Crippen MR) is 71.0 cm³/mol. The zero-order chi connectivity index (χ0) is 12.8. The number of ether oxygens (including phenoxy) is 1. The number of hydrogen-bond acceptors (Lipinski definition) is 5. The summed E-state index contributed by atoms with van der Waals surface area (Å²) < 4.78 is 5.67. The number of rotatable bonds is 6. The summed E-state index contributed by atoms with van der Waals surface area (Å²) in [6, 6.07) is -0.493. The lowest BCUT2D eigenvalue weighted by Crippen LogP contribution is -2.49. The molecule has 1 rings (SSSR count). The van der Waals surface area contributed by atoms with E-state index in [9.17, 15) is 4.79 Å². The molecule has 17 heavy (non-hydrogen) atoms. The molecule has 0 radical (unpaired) electrons. The minimum atomic E-state index is -0.544. The lowest BCUT2D eigenvalue weighted by atomic mass is 10.2. The highest BCUT2D eigenvalue weighted by Gasteiger charge is 2.36. The van der Waals surface area contributed by atoms with E-state index in [4.69, 9.17) is 16.2 Å². The van der Waals surface area contributed by atoms with E-state index >= 15 is 0 Å². The quantitative estimate of drug-likeness (QED) is 0.568. The standard InChI is InChI=1S/C11H23N3O2S/c1-2-3-16-9-4-8(5-12)14(6-9)11(15)10(13)7-17/h8-10,17H,2-7,12-13H2,1H3/t8?,9-,10+/m1/s1. The number of nitrogens with two attached hydrogens (primary N) is 2. The lowest BCUT2D eigenvalue weighted by molar-refractivity contribution is -0.133. The second-order valence-electron chi connectivity index (χ2n) is 4.40. The average molecular weight is 261 g/mol. The molecule has 5 nitrogen and oxygen atoms in total. The van der Waals surface area contributed by atoms with Gasteiger partial charge in [0.15, 0.2) is 0 Å². The van der Waals surface area contributed by atoms with Gasteiger partial charge in [0.1, 0.15) is 0 Å². The van der Waals surface area contributed by atoms with E-state index in [2.05, 4.69) is 19.6 Å². The van der Waals surface area contributed by atoms with Crippen molar-refractivity contribution in [2.24, 2.45) is 11.5 Å². The van der Waals surface area contributed by atoms with E-state index in [-0.39, 0.29) is 18.1 Å². The highest BCUT2D eigenvalue weighted by Crippen LogP contribution is 2.20. The van der Waals surface area contributed by atoms with Gasteiger partial charge in [-0.1, -0.05) is 6.92 Å². The molecule has 1 amide bonds. The van der Waals surface area contributed by atoms with Crippen LogP contribution in [0.1, 0.15) is 19.8 Å². The molecule has 1 aliphatic heterocycles. The van der Waals surface area contributed by atoms with Crippen LogP contribution in [0, 0.1) is 0 Å². The van der Waals surface area contributed by atoms with Crippen molar-refractivity contribution in [2.45, 2.75) is 38.0 Å². The molecule has 0 aromatic heterocycles. The first-order valence-electron chi connectivity index (χ1n) is 6.12. The maximum absolute atomic E-state index is 12.0. The van der Waals surface area contributed by atoms with Crippen LogP contribution in [0.25, 0.3) is 0 Å². The Balaban J connectivity index is 2.56. The van der Waals surface area contributed by atoms with Gasteiger partial charge in [0.25, 0.3) is 0 Å². The van der Waals surface area contributed by atoms with Gasteiger partial charge in [0, 0.05) is 31.5 Å². The Morgan fingerprint density at radius 2 is 2.35 bits per heavy atom. The molecule has 6 heteroatoms. The molecule has 1 unspecified atom stereocenters. The van der Waals surface area contributed by atoms with Crippen molar-refractivity contribution < 1.29 is 9.53 Å². The van der Waals surface area contributed by atoms with Gasteiger partial charge >= 0.3 is 0 Å². The fraction of sp³-hybridized carbons (Fsp3) is 0.909. The van der Waals surface area contributed by atoms with Gasteiger partial charge in [-0.3, -0.25) is 4.79 Å².